The van der Waals surface area contributed by atoms with Gasteiger partial charge in [-0.25, -0.2) is 9.78 Å². The number of aromatic nitrogens is 1. The molecule has 0 fully saturated rings. The highest BCUT2D eigenvalue weighted by Gasteiger charge is 2.21. The summed E-state index contributed by atoms with van der Waals surface area (Å²) in [5.41, 5.74) is 0.240. The van der Waals surface area contributed by atoms with E-state index < -0.39 is 5.97 Å². The molecule has 0 aromatic carbocycles. The van der Waals surface area contributed by atoms with Gasteiger partial charge in [-0.05, 0) is 19.1 Å². The molecule has 2 rings (SSSR count). The summed E-state index contributed by atoms with van der Waals surface area (Å²) in [7, 11) is 1.46. The average Bonchev–Trinajstić information content (AvgIpc) is 2.85. The number of rotatable bonds is 4. The Hall–Kier alpha value is -2.08. The molecule has 2 aromatic heterocycles. The summed E-state index contributed by atoms with van der Waals surface area (Å²) in [6, 6.07) is 3.42. The molecule has 0 atom stereocenters. The van der Waals surface area contributed by atoms with Crippen LogP contribution in [0.3, 0.4) is 0 Å². The Balaban J connectivity index is 2.43. The molecule has 0 bridgehead atoms. The molecular weight excluding hydrogens is 226 g/mol. The van der Waals surface area contributed by atoms with Crippen molar-refractivity contribution in [3.8, 4) is 11.7 Å². The van der Waals surface area contributed by atoms with E-state index in [4.69, 9.17) is 18.7 Å². The molecular formula is C11H11NO5. The minimum absolute atomic E-state index is 0.0742. The van der Waals surface area contributed by atoms with Crippen LogP contribution in [-0.2, 0) is 11.3 Å². The molecule has 17 heavy (non-hydrogen) atoms. The molecule has 2 aromatic rings. The van der Waals surface area contributed by atoms with Gasteiger partial charge >= 0.3 is 5.97 Å². The first-order chi connectivity index (χ1) is 8.11. The summed E-state index contributed by atoms with van der Waals surface area (Å²) >= 11 is 0. The Bertz CT molecular complexity index is 540. The third-order valence-electron chi connectivity index (χ3n) is 2.12. The second-order valence-electron chi connectivity index (χ2n) is 3.44. The Morgan fingerprint density at radius 1 is 1.47 bits per heavy atom. The minimum Gasteiger partial charge on any atom is -0.475 e. The maximum absolute atomic E-state index is 10.9. The van der Waals surface area contributed by atoms with Crippen LogP contribution in [0, 0.1) is 6.92 Å². The van der Waals surface area contributed by atoms with Crippen molar-refractivity contribution in [3.63, 3.8) is 0 Å². The zero-order valence-electron chi connectivity index (χ0n) is 9.39. The fourth-order valence-corrected chi connectivity index (χ4v) is 1.41. The van der Waals surface area contributed by atoms with Crippen LogP contribution in [0.25, 0.3) is 11.7 Å². The number of ether oxygens (including phenoxy) is 1. The predicted molar refractivity (Wildman–Crippen MR) is 56.6 cm³/mol. The second-order valence-corrected chi connectivity index (χ2v) is 3.44. The van der Waals surface area contributed by atoms with Crippen molar-refractivity contribution >= 4 is 5.97 Å². The zero-order valence-corrected chi connectivity index (χ0v) is 9.39. The largest absolute Gasteiger partial charge is 0.475 e. The lowest BCUT2D eigenvalue weighted by molar-refractivity contribution is 0.0656. The highest BCUT2D eigenvalue weighted by molar-refractivity contribution is 5.86. The van der Waals surface area contributed by atoms with Gasteiger partial charge in [0.2, 0.25) is 5.76 Å². The van der Waals surface area contributed by atoms with Crippen LogP contribution >= 0.6 is 0 Å². The van der Waals surface area contributed by atoms with E-state index in [0.717, 1.165) is 0 Å². The Kier molecular flexibility index (Phi) is 2.97. The molecule has 0 spiro atoms. The number of nitrogens with zero attached hydrogens (tertiary/aromatic N) is 1. The molecule has 0 radical (unpaired) electrons. The average molecular weight is 237 g/mol. The van der Waals surface area contributed by atoms with Crippen LogP contribution in [0.2, 0.25) is 0 Å². The highest BCUT2D eigenvalue weighted by atomic mass is 16.5. The number of methoxy groups -OCH3 is 1. The maximum Gasteiger partial charge on any atom is 0.373 e. The van der Waals surface area contributed by atoms with E-state index in [0.29, 0.717) is 11.5 Å². The third-order valence-corrected chi connectivity index (χ3v) is 2.12. The fraction of sp³-hybridized carbons (Fsp3) is 0.273. The quantitative estimate of drug-likeness (QED) is 0.876. The molecule has 0 amide bonds. The summed E-state index contributed by atoms with van der Waals surface area (Å²) in [6.45, 7) is 1.85. The summed E-state index contributed by atoms with van der Waals surface area (Å²) in [4.78, 5) is 15.0. The van der Waals surface area contributed by atoms with Crippen molar-refractivity contribution in [3.05, 3.63) is 29.3 Å². The molecule has 6 nitrogen and oxygen atoms in total. The molecule has 0 aliphatic heterocycles. The van der Waals surface area contributed by atoms with Gasteiger partial charge in [-0.2, -0.15) is 0 Å². The molecule has 0 saturated heterocycles. The molecule has 0 saturated carbocycles. The molecule has 0 unspecified atom stereocenters. The smallest absolute Gasteiger partial charge is 0.373 e. The zero-order chi connectivity index (χ0) is 12.4. The summed E-state index contributed by atoms with van der Waals surface area (Å²) in [6.07, 6.45) is 0. The second kappa shape index (κ2) is 4.42. The topological polar surface area (TPSA) is 85.7 Å². The molecule has 0 aliphatic rings. The standard InChI is InChI=1S/C11H11NO5/c1-6-3-4-8(16-6)10-12-7(5-15-2)9(17-10)11(13)14/h3-4H,5H2,1-2H3,(H,13,14). The Labute approximate surface area is 96.8 Å². The number of aromatic carboxylic acids is 1. The van der Waals surface area contributed by atoms with Crippen molar-refractivity contribution in [2.24, 2.45) is 0 Å². The van der Waals surface area contributed by atoms with Crippen LogP contribution in [0.5, 0.6) is 0 Å². The van der Waals surface area contributed by atoms with Crippen LogP contribution < -0.4 is 0 Å². The van der Waals surface area contributed by atoms with E-state index in [9.17, 15) is 4.79 Å². The SMILES string of the molecule is COCc1nc(-c2ccc(C)o2)oc1C(=O)O. The van der Waals surface area contributed by atoms with Crippen LogP contribution in [0.1, 0.15) is 22.0 Å². The van der Waals surface area contributed by atoms with Crippen molar-refractivity contribution in [2.75, 3.05) is 7.11 Å². The number of aryl methyl sites for hydroxylation is 1. The van der Waals surface area contributed by atoms with Gasteiger partial charge in [-0.15, -0.1) is 0 Å². The van der Waals surface area contributed by atoms with Gasteiger partial charge in [-0.3, -0.25) is 0 Å². The molecule has 2 heterocycles. The van der Waals surface area contributed by atoms with Crippen molar-refractivity contribution in [1.29, 1.82) is 0 Å². The number of carboxylic acid groups (broad SMARTS) is 1. The van der Waals surface area contributed by atoms with E-state index in [1.165, 1.54) is 7.11 Å². The lowest BCUT2D eigenvalue weighted by atomic mass is 10.3. The lowest BCUT2D eigenvalue weighted by Gasteiger charge is -1.92. The number of hydrogen-bond acceptors (Lipinski definition) is 5. The van der Waals surface area contributed by atoms with Crippen LogP contribution in [0.4, 0.5) is 0 Å². The number of hydrogen-bond donors (Lipinski definition) is 1. The normalized spacial score (nSPS) is 10.7. The summed E-state index contributed by atoms with van der Waals surface area (Å²) in [5, 5.41) is 8.94. The van der Waals surface area contributed by atoms with E-state index in [1.54, 1.807) is 19.1 Å². The molecule has 1 N–H and O–H groups in total. The predicted octanol–water partition coefficient (Wildman–Crippen LogP) is 2.09. The Morgan fingerprint density at radius 2 is 2.24 bits per heavy atom. The van der Waals surface area contributed by atoms with Gasteiger partial charge in [0.1, 0.15) is 11.5 Å². The van der Waals surface area contributed by atoms with Gasteiger partial charge in [0.25, 0.3) is 5.89 Å². The van der Waals surface area contributed by atoms with Gasteiger partial charge < -0.3 is 18.7 Å². The van der Waals surface area contributed by atoms with Crippen molar-refractivity contribution < 1.29 is 23.5 Å². The van der Waals surface area contributed by atoms with E-state index in [-0.39, 0.29) is 24.0 Å². The molecule has 90 valence electrons. The summed E-state index contributed by atoms with van der Waals surface area (Å²) in [5.74, 6) is -0.173. The molecule has 0 aliphatic carbocycles. The number of furan rings is 1. The van der Waals surface area contributed by atoms with Gasteiger partial charge in [0.05, 0.1) is 6.61 Å². The Morgan fingerprint density at radius 3 is 2.76 bits per heavy atom. The third kappa shape index (κ3) is 2.21. The number of carboxylic acids is 1. The van der Waals surface area contributed by atoms with E-state index in [1.807, 2.05) is 0 Å². The first-order valence-corrected chi connectivity index (χ1v) is 4.90. The van der Waals surface area contributed by atoms with Crippen molar-refractivity contribution in [1.82, 2.24) is 4.98 Å². The van der Waals surface area contributed by atoms with Crippen LogP contribution in [0.15, 0.2) is 21.0 Å². The van der Waals surface area contributed by atoms with Gasteiger partial charge in [0, 0.05) is 7.11 Å². The first kappa shape index (κ1) is 11.4. The van der Waals surface area contributed by atoms with E-state index in [2.05, 4.69) is 4.98 Å². The minimum atomic E-state index is -1.18. The monoisotopic (exact) mass is 237 g/mol. The first-order valence-electron chi connectivity index (χ1n) is 4.90. The summed E-state index contributed by atoms with van der Waals surface area (Å²) < 4.78 is 15.3. The van der Waals surface area contributed by atoms with E-state index >= 15 is 0 Å². The fourth-order valence-electron chi connectivity index (χ4n) is 1.41. The van der Waals surface area contributed by atoms with Crippen LogP contribution in [-0.4, -0.2) is 23.2 Å². The number of oxazole rings is 1. The van der Waals surface area contributed by atoms with Gasteiger partial charge in [0.15, 0.2) is 5.76 Å². The number of carbonyl (C=O) groups is 1. The molecule has 6 heteroatoms. The lowest BCUT2D eigenvalue weighted by Crippen LogP contribution is -2.00. The van der Waals surface area contributed by atoms with Gasteiger partial charge in [-0.1, -0.05) is 0 Å². The maximum atomic E-state index is 10.9. The highest BCUT2D eigenvalue weighted by Crippen LogP contribution is 2.24. The van der Waals surface area contributed by atoms with Crippen molar-refractivity contribution in [2.45, 2.75) is 13.5 Å².